The van der Waals surface area contributed by atoms with Gasteiger partial charge >= 0.3 is 0 Å². The summed E-state index contributed by atoms with van der Waals surface area (Å²) < 4.78 is 5.35. The van der Waals surface area contributed by atoms with Gasteiger partial charge in [-0.3, -0.25) is 4.68 Å². The third kappa shape index (κ3) is 3.37. The molecule has 2 aromatic rings. The van der Waals surface area contributed by atoms with Crippen molar-refractivity contribution in [2.75, 3.05) is 0 Å². The Labute approximate surface area is 133 Å². The largest absolute Gasteiger partial charge is 0.331 e. The predicted octanol–water partition coefficient (Wildman–Crippen LogP) is 2.72. The normalized spacial score (nSPS) is 14.8. The molecule has 3 rings (SSSR count). The summed E-state index contributed by atoms with van der Waals surface area (Å²) in [5.41, 5.74) is 3.45. The van der Waals surface area contributed by atoms with Crippen molar-refractivity contribution in [1.29, 1.82) is 0 Å². The number of aryl methyl sites for hydroxylation is 2. The van der Waals surface area contributed by atoms with Gasteiger partial charge in [-0.1, -0.05) is 6.92 Å². The summed E-state index contributed by atoms with van der Waals surface area (Å²) in [7, 11) is 0. The first-order valence-corrected chi connectivity index (χ1v) is 8.48. The van der Waals surface area contributed by atoms with Gasteiger partial charge in [0, 0.05) is 25.3 Å². The van der Waals surface area contributed by atoms with Gasteiger partial charge in [-0.05, 0) is 42.1 Å². The van der Waals surface area contributed by atoms with Crippen LogP contribution in [0.1, 0.15) is 43.8 Å². The van der Waals surface area contributed by atoms with Crippen molar-refractivity contribution < 1.29 is 0 Å². The summed E-state index contributed by atoms with van der Waals surface area (Å²) in [6, 6.07) is 0.720. The van der Waals surface area contributed by atoms with Crippen LogP contribution in [-0.2, 0) is 26.1 Å². The molecule has 0 radical (unpaired) electrons. The smallest absolute Gasteiger partial charge is 0.0953 e. The molecule has 0 unspecified atom stereocenters. The Morgan fingerprint density at radius 2 is 2.19 bits per heavy atom. The molecule has 2 aromatic heterocycles. The Kier molecular flexibility index (Phi) is 4.45. The van der Waals surface area contributed by atoms with E-state index >= 15 is 0 Å². The molecule has 2 heterocycles. The summed E-state index contributed by atoms with van der Waals surface area (Å²) in [5.74, 6) is 0. The summed E-state index contributed by atoms with van der Waals surface area (Å²) in [6.45, 7) is 6.82. The number of hydrogen-bond acceptors (Lipinski definition) is 3. The van der Waals surface area contributed by atoms with Crippen molar-refractivity contribution in [3.8, 4) is 0 Å². The van der Waals surface area contributed by atoms with Crippen LogP contribution < -0.4 is 5.32 Å². The molecule has 0 saturated heterocycles. The lowest BCUT2D eigenvalue weighted by Crippen LogP contribution is -2.15. The molecule has 0 aromatic carbocycles. The van der Waals surface area contributed by atoms with Gasteiger partial charge in [0.15, 0.2) is 0 Å². The van der Waals surface area contributed by atoms with E-state index < -0.39 is 0 Å². The molecule has 1 saturated carbocycles. The maximum atomic E-state index is 4.64. The number of rotatable bonds is 7. The topological polar surface area (TPSA) is 47.7 Å². The molecule has 1 aliphatic carbocycles. The second kappa shape index (κ2) is 6.32. The van der Waals surface area contributed by atoms with Crippen LogP contribution in [-0.4, -0.2) is 25.4 Å². The lowest BCUT2D eigenvalue weighted by molar-refractivity contribution is 0.593. The predicted molar refractivity (Wildman–Crippen MR) is 86.2 cm³/mol. The number of nitrogens with one attached hydrogen (secondary N) is 1. The van der Waals surface area contributed by atoms with Crippen LogP contribution in [0.25, 0.3) is 0 Å². The third-order valence-electron chi connectivity index (χ3n) is 3.86. The number of aromatic nitrogens is 4. The molecular weight excluding hydrogens is 330 g/mol. The number of halogens is 1. The van der Waals surface area contributed by atoms with Crippen LogP contribution in [0.3, 0.4) is 0 Å². The first-order valence-electron chi connectivity index (χ1n) is 7.69. The fraction of sp³-hybridized carbons (Fsp3) is 0.600. The van der Waals surface area contributed by atoms with E-state index in [9.17, 15) is 0 Å². The minimum atomic E-state index is 0.720. The van der Waals surface area contributed by atoms with Crippen molar-refractivity contribution >= 4 is 15.9 Å². The number of hydrogen-bond donors (Lipinski definition) is 1. The highest BCUT2D eigenvalue weighted by atomic mass is 79.9. The average molecular weight is 352 g/mol. The minimum Gasteiger partial charge on any atom is -0.331 e. The zero-order chi connectivity index (χ0) is 14.8. The molecule has 0 bridgehead atoms. The maximum absolute atomic E-state index is 4.64. The fourth-order valence-corrected chi connectivity index (χ4v) is 3.15. The van der Waals surface area contributed by atoms with E-state index in [1.165, 1.54) is 18.5 Å². The SMILES string of the molecule is CCc1nn(CC)c(Cn2cnc(CNC3CC3)c2)c1Br. The fourth-order valence-electron chi connectivity index (χ4n) is 2.46. The molecule has 6 heteroatoms. The number of imidazole rings is 1. The maximum Gasteiger partial charge on any atom is 0.0953 e. The molecule has 0 atom stereocenters. The van der Waals surface area contributed by atoms with Gasteiger partial charge < -0.3 is 9.88 Å². The minimum absolute atomic E-state index is 0.720. The number of nitrogens with zero attached hydrogens (tertiary/aromatic N) is 4. The quantitative estimate of drug-likeness (QED) is 0.834. The molecule has 21 heavy (non-hydrogen) atoms. The van der Waals surface area contributed by atoms with Crippen LogP contribution >= 0.6 is 15.9 Å². The molecular formula is C15H22BrN5. The lowest BCUT2D eigenvalue weighted by Gasteiger charge is -2.06. The van der Waals surface area contributed by atoms with E-state index in [1.807, 2.05) is 6.33 Å². The summed E-state index contributed by atoms with van der Waals surface area (Å²) >= 11 is 3.70. The van der Waals surface area contributed by atoms with Crippen LogP contribution in [0, 0.1) is 0 Å². The zero-order valence-electron chi connectivity index (χ0n) is 12.6. The summed E-state index contributed by atoms with van der Waals surface area (Å²) in [5, 5.41) is 8.14. The van der Waals surface area contributed by atoms with E-state index in [4.69, 9.17) is 0 Å². The Bertz CT molecular complexity index is 612. The van der Waals surface area contributed by atoms with E-state index in [-0.39, 0.29) is 0 Å². The van der Waals surface area contributed by atoms with E-state index in [0.717, 1.165) is 48.0 Å². The molecule has 0 amide bonds. The van der Waals surface area contributed by atoms with Crippen LogP contribution in [0.2, 0.25) is 0 Å². The third-order valence-corrected chi connectivity index (χ3v) is 4.78. The van der Waals surface area contributed by atoms with Crippen LogP contribution in [0.5, 0.6) is 0 Å². The van der Waals surface area contributed by atoms with Gasteiger partial charge in [-0.2, -0.15) is 5.10 Å². The second-order valence-electron chi connectivity index (χ2n) is 5.57. The Hall–Kier alpha value is -1.14. The second-order valence-corrected chi connectivity index (χ2v) is 6.36. The van der Waals surface area contributed by atoms with Gasteiger partial charge in [0.25, 0.3) is 0 Å². The van der Waals surface area contributed by atoms with Crippen LogP contribution in [0.4, 0.5) is 0 Å². The molecule has 0 aliphatic heterocycles. The molecule has 1 fully saturated rings. The highest BCUT2D eigenvalue weighted by Crippen LogP contribution is 2.23. The standard InChI is InChI=1S/C15H22BrN5/c1-3-13-15(16)14(21(4-2)19-13)9-20-8-12(18-10-20)7-17-11-5-6-11/h8,10-11,17H,3-7,9H2,1-2H3. The van der Waals surface area contributed by atoms with E-state index in [0.29, 0.717) is 0 Å². The summed E-state index contributed by atoms with van der Waals surface area (Å²) in [4.78, 5) is 4.48. The van der Waals surface area contributed by atoms with Gasteiger partial charge in [0.05, 0.1) is 34.4 Å². The molecule has 1 N–H and O–H groups in total. The van der Waals surface area contributed by atoms with Gasteiger partial charge in [-0.25, -0.2) is 4.98 Å². The zero-order valence-corrected chi connectivity index (χ0v) is 14.2. The lowest BCUT2D eigenvalue weighted by atomic mass is 10.3. The Balaban J connectivity index is 1.71. The van der Waals surface area contributed by atoms with Gasteiger partial charge in [0.1, 0.15) is 0 Å². The van der Waals surface area contributed by atoms with E-state index in [1.54, 1.807) is 0 Å². The van der Waals surface area contributed by atoms with Gasteiger partial charge in [0.2, 0.25) is 0 Å². The van der Waals surface area contributed by atoms with Gasteiger partial charge in [-0.15, -0.1) is 0 Å². The first kappa shape index (κ1) is 14.8. The van der Waals surface area contributed by atoms with Crippen molar-refractivity contribution in [2.45, 2.75) is 58.8 Å². The Morgan fingerprint density at radius 1 is 1.38 bits per heavy atom. The molecule has 5 nitrogen and oxygen atoms in total. The summed E-state index contributed by atoms with van der Waals surface area (Å²) in [6.07, 6.45) is 7.60. The monoisotopic (exact) mass is 351 g/mol. The first-order chi connectivity index (χ1) is 10.2. The average Bonchev–Trinajstić information content (AvgIpc) is 3.14. The van der Waals surface area contributed by atoms with Crippen molar-refractivity contribution in [3.05, 3.63) is 34.1 Å². The Morgan fingerprint density at radius 3 is 2.86 bits per heavy atom. The highest BCUT2D eigenvalue weighted by molar-refractivity contribution is 9.10. The van der Waals surface area contributed by atoms with Crippen LogP contribution in [0.15, 0.2) is 17.0 Å². The highest BCUT2D eigenvalue weighted by Gasteiger charge is 2.20. The van der Waals surface area contributed by atoms with Crippen molar-refractivity contribution in [2.24, 2.45) is 0 Å². The molecule has 114 valence electrons. The molecule has 0 spiro atoms. The molecule has 1 aliphatic rings. The van der Waals surface area contributed by atoms with Crippen molar-refractivity contribution in [3.63, 3.8) is 0 Å². The van der Waals surface area contributed by atoms with E-state index in [2.05, 4.69) is 60.6 Å². The van der Waals surface area contributed by atoms with Crippen molar-refractivity contribution in [1.82, 2.24) is 24.6 Å².